The zero-order valence-corrected chi connectivity index (χ0v) is 18.2. The molecule has 6 heteroatoms. The van der Waals surface area contributed by atoms with E-state index in [0.717, 1.165) is 42.7 Å². The summed E-state index contributed by atoms with van der Waals surface area (Å²) in [7, 11) is 3.28. The molecule has 4 rings (SSSR count). The molecule has 0 aromatic heterocycles. The SMILES string of the molecule is COc1cc(CCc2ccc(C(=O)O)cc2)c(CCc2ccc3c(c2)OCO3)cc1OC. The minimum atomic E-state index is -0.915. The maximum absolute atomic E-state index is 11.1. The number of benzene rings is 3. The number of hydrogen-bond acceptors (Lipinski definition) is 5. The normalized spacial score (nSPS) is 11.9. The van der Waals surface area contributed by atoms with Crippen LogP contribution in [0.1, 0.15) is 32.6 Å². The average Bonchev–Trinajstić information content (AvgIpc) is 3.29. The highest BCUT2D eigenvalue weighted by Gasteiger charge is 2.15. The van der Waals surface area contributed by atoms with E-state index in [9.17, 15) is 4.79 Å². The molecule has 0 fully saturated rings. The van der Waals surface area contributed by atoms with Gasteiger partial charge in [-0.2, -0.15) is 0 Å². The van der Waals surface area contributed by atoms with Crippen molar-refractivity contribution in [2.24, 2.45) is 0 Å². The Labute approximate surface area is 187 Å². The average molecular weight is 434 g/mol. The summed E-state index contributed by atoms with van der Waals surface area (Å²) in [6.45, 7) is 0.270. The van der Waals surface area contributed by atoms with Crippen molar-refractivity contribution in [1.29, 1.82) is 0 Å². The van der Waals surface area contributed by atoms with Gasteiger partial charge in [0.25, 0.3) is 0 Å². The van der Waals surface area contributed by atoms with Crippen LogP contribution in [0, 0.1) is 0 Å². The standard InChI is InChI=1S/C26H26O6/c1-29-23-14-20(10-5-17-3-8-19(9-4-17)26(27)28)21(15-24(23)30-2)11-6-18-7-12-22-25(13-18)32-16-31-22/h3-4,7-9,12-15H,5-6,10-11,16H2,1-2H3,(H,27,28). The highest BCUT2D eigenvalue weighted by atomic mass is 16.7. The number of aromatic carboxylic acids is 1. The summed E-state index contributed by atoms with van der Waals surface area (Å²) in [5.41, 5.74) is 4.95. The molecule has 0 amide bonds. The molecule has 166 valence electrons. The van der Waals surface area contributed by atoms with E-state index in [0.29, 0.717) is 17.1 Å². The predicted molar refractivity (Wildman–Crippen MR) is 120 cm³/mol. The fourth-order valence-corrected chi connectivity index (χ4v) is 3.90. The lowest BCUT2D eigenvalue weighted by Gasteiger charge is -2.15. The van der Waals surface area contributed by atoms with Crippen LogP contribution in [0.25, 0.3) is 0 Å². The fourth-order valence-electron chi connectivity index (χ4n) is 3.90. The molecule has 3 aromatic carbocycles. The van der Waals surface area contributed by atoms with E-state index in [1.54, 1.807) is 26.4 Å². The summed E-state index contributed by atoms with van der Waals surface area (Å²) in [5.74, 6) is 2.08. The van der Waals surface area contributed by atoms with Crippen LogP contribution >= 0.6 is 0 Å². The highest BCUT2D eigenvalue weighted by Crippen LogP contribution is 2.34. The second kappa shape index (κ2) is 9.64. The number of carbonyl (C=O) groups is 1. The number of aryl methyl sites for hydroxylation is 4. The Kier molecular flexibility index (Phi) is 6.50. The zero-order valence-electron chi connectivity index (χ0n) is 18.2. The van der Waals surface area contributed by atoms with Crippen molar-refractivity contribution in [2.75, 3.05) is 21.0 Å². The minimum absolute atomic E-state index is 0.270. The molecule has 1 heterocycles. The molecule has 0 saturated heterocycles. The van der Waals surface area contributed by atoms with Gasteiger partial charge in [0.15, 0.2) is 23.0 Å². The first kappa shape index (κ1) is 21.6. The van der Waals surface area contributed by atoms with E-state index < -0.39 is 5.97 Å². The molecule has 0 spiro atoms. The predicted octanol–water partition coefficient (Wildman–Crippen LogP) is 4.70. The van der Waals surface area contributed by atoms with E-state index in [4.69, 9.17) is 24.1 Å². The molecule has 0 saturated carbocycles. The second-order valence-electron chi connectivity index (χ2n) is 7.67. The van der Waals surface area contributed by atoms with Crippen molar-refractivity contribution in [3.05, 3.63) is 82.4 Å². The van der Waals surface area contributed by atoms with Crippen molar-refractivity contribution in [2.45, 2.75) is 25.7 Å². The first-order valence-corrected chi connectivity index (χ1v) is 10.5. The maximum Gasteiger partial charge on any atom is 0.335 e. The van der Waals surface area contributed by atoms with Crippen molar-refractivity contribution in [3.63, 3.8) is 0 Å². The molecule has 0 atom stereocenters. The van der Waals surface area contributed by atoms with Crippen molar-refractivity contribution in [3.8, 4) is 23.0 Å². The van der Waals surface area contributed by atoms with E-state index in [2.05, 4.69) is 12.1 Å². The van der Waals surface area contributed by atoms with Crippen LogP contribution in [0.5, 0.6) is 23.0 Å². The molecule has 6 nitrogen and oxygen atoms in total. The van der Waals surface area contributed by atoms with Gasteiger partial charge < -0.3 is 24.1 Å². The van der Waals surface area contributed by atoms with E-state index >= 15 is 0 Å². The molecule has 0 unspecified atom stereocenters. The Morgan fingerprint density at radius 1 is 0.781 bits per heavy atom. The lowest BCUT2D eigenvalue weighted by molar-refractivity contribution is 0.0697. The fraction of sp³-hybridized carbons (Fsp3) is 0.269. The number of ether oxygens (including phenoxy) is 4. The van der Waals surface area contributed by atoms with Crippen molar-refractivity contribution in [1.82, 2.24) is 0 Å². The summed E-state index contributed by atoms with van der Waals surface area (Å²) in [6.07, 6.45) is 3.30. The molecule has 0 aliphatic carbocycles. The summed E-state index contributed by atoms with van der Waals surface area (Å²) in [5, 5.41) is 9.09. The van der Waals surface area contributed by atoms with Crippen molar-refractivity contribution >= 4 is 5.97 Å². The van der Waals surface area contributed by atoms with Gasteiger partial charge >= 0.3 is 5.97 Å². The van der Waals surface area contributed by atoms with Crippen LogP contribution in [-0.4, -0.2) is 32.1 Å². The van der Waals surface area contributed by atoms with Gasteiger partial charge in [0.2, 0.25) is 6.79 Å². The topological polar surface area (TPSA) is 74.2 Å². The van der Waals surface area contributed by atoms with Crippen LogP contribution in [0.2, 0.25) is 0 Å². The molecule has 32 heavy (non-hydrogen) atoms. The Morgan fingerprint density at radius 2 is 1.34 bits per heavy atom. The van der Waals surface area contributed by atoms with E-state index in [-0.39, 0.29) is 6.79 Å². The van der Waals surface area contributed by atoms with Gasteiger partial charge in [-0.15, -0.1) is 0 Å². The van der Waals surface area contributed by atoms with Crippen LogP contribution < -0.4 is 18.9 Å². The summed E-state index contributed by atoms with van der Waals surface area (Å²) in [4.78, 5) is 11.1. The van der Waals surface area contributed by atoms with E-state index in [1.807, 2.05) is 30.3 Å². The van der Waals surface area contributed by atoms with Crippen LogP contribution in [0.15, 0.2) is 54.6 Å². The quantitative estimate of drug-likeness (QED) is 0.526. The molecule has 0 bridgehead atoms. The Balaban J connectivity index is 1.52. The van der Waals surface area contributed by atoms with Crippen LogP contribution in [-0.2, 0) is 25.7 Å². The number of hydrogen-bond donors (Lipinski definition) is 1. The Hall–Kier alpha value is -3.67. The summed E-state index contributed by atoms with van der Waals surface area (Å²) >= 11 is 0. The van der Waals surface area contributed by atoms with Gasteiger partial charge in [-0.05, 0) is 84.3 Å². The summed E-state index contributed by atoms with van der Waals surface area (Å²) < 4.78 is 21.9. The lowest BCUT2D eigenvalue weighted by atomic mass is 9.94. The minimum Gasteiger partial charge on any atom is -0.493 e. The third kappa shape index (κ3) is 4.80. The van der Waals surface area contributed by atoms with Gasteiger partial charge in [-0.3, -0.25) is 0 Å². The number of carboxylic acids is 1. The molecule has 1 aliphatic heterocycles. The van der Waals surface area contributed by atoms with Gasteiger partial charge in [0.1, 0.15) is 0 Å². The second-order valence-corrected chi connectivity index (χ2v) is 7.67. The largest absolute Gasteiger partial charge is 0.493 e. The molecular formula is C26H26O6. The van der Waals surface area contributed by atoms with E-state index in [1.165, 1.54) is 16.7 Å². The third-order valence-electron chi connectivity index (χ3n) is 5.71. The van der Waals surface area contributed by atoms with Crippen LogP contribution in [0.3, 0.4) is 0 Å². The molecular weight excluding hydrogens is 408 g/mol. The highest BCUT2D eigenvalue weighted by molar-refractivity contribution is 5.87. The number of rotatable bonds is 9. The Bertz CT molecular complexity index is 1100. The first-order valence-electron chi connectivity index (χ1n) is 10.5. The maximum atomic E-state index is 11.1. The number of carboxylic acid groups (broad SMARTS) is 1. The first-order chi connectivity index (χ1) is 15.6. The van der Waals surface area contributed by atoms with Gasteiger partial charge in [0.05, 0.1) is 19.8 Å². The molecule has 3 aromatic rings. The van der Waals surface area contributed by atoms with Crippen LogP contribution in [0.4, 0.5) is 0 Å². The molecule has 1 aliphatic rings. The van der Waals surface area contributed by atoms with Crippen molar-refractivity contribution < 1.29 is 28.8 Å². The third-order valence-corrected chi connectivity index (χ3v) is 5.71. The zero-order chi connectivity index (χ0) is 22.5. The van der Waals surface area contributed by atoms with Gasteiger partial charge in [-0.25, -0.2) is 4.79 Å². The molecule has 1 N–H and O–H groups in total. The smallest absolute Gasteiger partial charge is 0.335 e. The van der Waals surface area contributed by atoms with Gasteiger partial charge in [0, 0.05) is 0 Å². The summed E-state index contributed by atoms with van der Waals surface area (Å²) in [6, 6.07) is 17.2. The molecule has 0 radical (unpaired) electrons. The number of fused-ring (bicyclic) bond motifs is 1. The Morgan fingerprint density at radius 3 is 1.94 bits per heavy atom. The number of methoxy groups -OCH3 is 2. The lowest BCUT2D eigenvalue weighted by Crippen LogP contribution is -2.03. The monoisotopic (exact) mass is 434 g/mol. The van der Waals surface area contributed by atoms with Gasteiger partial charge in [-0.1, -0.05) is 18.2 Å².